The van der Waals surface area contributed by atoms with Gasteiger partial charge in [-0.1, -0.05) is 0 Å². The van der Waals surface area contributed by atoms with Crippen molar-refractivity contribution in [2.75, 3.05) is 236 Å². The fourth-order valence-corrected chi connectivity index (χ4v) is 9.59. The highest BCUT2D eigenvalue weighted by Gasteiger charge is 2.26. The van der Waals surface area contributed by atoms with Crippen LogP contribution in [0.3, 0.4) is 0 Å². The first-order valence-corrected chi connectivity index (χ1v) is 26.3. The number of rotatable bonds is 11. The summed E-state index contributed by atoms with van der Waals surface area (Å²) in [4.78, 5) is 43.4. The summed E-state index contributed by atoms with van der Waals surface area (Å²) >= 11 is 0. The fourth-order valence-electron chi connectivity index (χ4n) is 9.59. The SMILES string of the molecule is CCN1CCN(C)c2cc(N)cnc21.CCN1CCN(CCO)c2cc(N)cnc21.CCN1CCN(CCO)c2ncc(N)cc21.CN1CCN(CCO)c2cc(N)cnc21.CN1CCN(CCO)c2ncc(N)cc21. The molecule has 14 N–H and O–H groups in total. The zero-order valence-electron chi connectivity index (χ0n) is 45.5. The van der Waals surface area contributed by atoms with Crippen molar-refractivity contribution in [1.29, 1.82) is 0 Å². The van der Waals surface area contributed by atoms with E-state index in [1.165, 1.54) is 0 Å². The van der Waals surface area contributed by atoms with Gasteiger partial charge in [0.05, 0.1) is 114 Å². The fraction of sp³-hybridized carbons (Fsp3) is 0.519. The highest BCUT2D eigenvalue weighted by molar-refractivity contribution is 5.76. The third kappa shape index (κ3) is 14.5. The van der Waals surface area contributed by atoms with Crippen LogP contribution in [-0.2, 0) is 0 Å². The van der Waals surface area contributed by atoms with Gasteiger partial charge in [0.1, 0.15) is 0 Å². The number of aliphatic hydroxyl groups is 4. The van der Waals surface area contributed by atoms with Crippen LogP contribution in [0.5, 0.6) is 0 Å². The van der Waals surface area contributed by atoms with Crippen LogP contribution in [0.2, 0.25) is 0 Å². The molecular weight excluding hydrogens is 969 g/mol. The molecule has 0 saturated heterocycles. The zero-order valence-corrected chi connectivity index (χ0v) is 45.5. The van der Waals surface area contributed by atoms with Crippen LogP contribution in [0.4, 0.5) is 86.0 Å². The molecule has 24 heteroatoms. The van der Waals surface area contributed by atoms with Crippen molar-refractivity contribution in [2.24, 2.45) is 0 Å². The molecule has 0 fully saturated rings. The Kier molecular flexibility index (Phi) is 21.3. The predicted molar refractivity (Wildman–Crippen MR) is 314 cm³/mol. The lowest BCUT2D eigenvalue weighted by atomic mass is 10.2. The lowest BCUT2D eigenvalue weighted by Crippen LogP contribution is -2.42. The Balaban J connectivity index is 0.000000154. The van der Waals surface area contributed by atoms with Crippen LogP contribution in [0.15, 0.2) is 61.3 Å². The predicted octanol–water partition coefficient (Wildman–Crippen LogP) is 1.37. The smallest absolute Gasteiger partial charge is 0.152 e. The molecule has 0 spiro atoms. The summed E-state index contributed by atoms with van der Waals surface area (Å²) in [6, 6.07) is 9.71. The summed E-state index contributed by atoms with van der Waals surface area (Å²) in [5.74, 6) is 4.79. The van der Waals surface area contributed by atoms with Gasteiger partial charge in [-0.3, -0.25) is 0 Å². The zero-order chi connectivity index (χ0) is 54.9. The van der Waals surface area contributed by atoms with E-state index in [4.69, 9.17) is 49.1 Å². The first-order chi connectivity index (χ1) is 36.7. The minimum absolute atomic E-state index is 0.148. The van der Waals surface area contributed by atoms with Crippen molar-refractivity contribution in [3.63, 3.8) is 0 Å². The molecule has 76 heavy (non-hydrogen) atoms. The summed E-state index contributed by atoms with van der Waals surface area (Å²) in [6.07, 6.45) is 8.40. The van der Waals surface area contributed by atoms with Gasteiger partial charge in [-0.15, -0.1) is 0 Å². The first kappa shape index (κ1) is 57.9. The number of aromatic nitrogens is 5. The van der Waals surface area contributed by atoms with Crippen molar-refractivity contribution in [3.8, 4) is 0 Å². The van der Waals surface area contributed by atoms with Crippen LogP contribution < -0.4 is 77.7 Å². The third-order valence-corrected chi connectivity index (χ3v) is 13.8. The van der Waals surface area contributed by atoms with E-state index in [9.17, 15) is 0 Å². The van der Waals surface area contributed by atoms with Crippen molar-refractivity contribution in [1.82, 2.24) is 24.9 Å². The Morgan fingerprint density at radius 1 is 0.329 bits per heavy atom. The third-order valence-electron chi connectivity index (χ3n) is 13.8. The number of hydrogen-bond donors (Lipinski definition) is 9. The van der Waals surface area contributed by atoms with Gasteiger partial charge in [-0.2, -0.15) is 0 Å². The Morgan fingerprint density at radius 2 is 0.579 bits per heavy atom. The van der Waals surface area contributed by atoms with Crippen molar-refractivity contribution in [3.05, 3.63) is 61.3 Å². The van der Waals surface area contributed by atoms with Crippen LogP contribution in [0, 0.1) is 0 Å². The highest BCUT2D eigenvalue weighted by atomic mass is 16.3. The molecule has 10 rings (SSSR count). The second-order valence-electron chi connectivity index (χ2n) is 18.9. The molecule has 0 saturated carbocycles. The van der Waals surface area contributed by atoms with Gasteiger partial charge in [0.15, 0.2) is 29.1 Å². The van der Waals surface area contributed by atoms with Gasteiger partial charge in [0.2, 0.25) is 0 Å². The van der Waals surface area contributed by atoms with Crippen molar-refractivity contribution in [2.45, 2.75) is 20.8 Å². The maximum Gasteiger partial charge on any atom is 0.152 e. The van der Waals surface area contributed by atoms with Gasteiger partial charge in [-0.05, 0) is 51.1 Å². The molecule has 24 nitrogen and oxygen atoms in total. The number of nitrogens with two attached hydrogens (primary N) is 5. The van der Waals surface area contributed by atoms with Gasteiger partial charge in [0, 0.05) is 132 Å². The second kappa shape index (κ2) is 27.9. The highest BCUT2D eigenvalue weighted by Crippen LogP contribution is 2.35. The molecule has 5 aromatic rings. The molecule has 0 unspecified atom stereocenters. The van der Waals surface area contributed by atoms with E-state index >= 15 is 0 Å². The number of hydrogen-bond acceptors (Lipinski definition) is 24. The summed E-state index contributed by atoms with van der Waals surface area (Å²) in [5.41, 5.74) is 37.4. The van der Waals surface area contributed by atoms with Gasteiger partial charge < -0.3 is 98.1 Å². The van der Waals surface area contributed by atoms with Gasteiger partial charge >= 0.3 is 0 Å². The molecule has 0 amide bonds. The maximum absolute atomic E-state index is 9.03. The van der Waals surface area contributed by atoms with Gasteiger partial charge in [-0.25, -0.2) is 24.9 Å². The Morgan fingerprint density at radius 3 is 1.00 bits per heavy atom. The Bertz CT molecular complexity index is 2600. The minimum atomic E-state index is 0.148. The molecular formula is C52H84N20O4. The maximum atomic E-state index is 9.03. The average Bonchev–Trinajstić information content (AvgIpc) is 3.42. The van der Waals surface area contributed by atoms with E-state index in [-0.39, 0.29) is 26.4 Å². The molecule has 5 aliphatic heterocycles. The monoisotopic (exact) mass is 1050 g/mol. The van der Waals surface area contributed by atoms with E-state index in [0.29, 0.717) is 48.9 Å². The van der Waals surface area contributed by atoms with E-state index in [0.717, 1.165) is 148 Å². The summed E-state index contributed by atoms with van der Waals surface area (Å²) in [5, 5.41) is 36.0. The molecule has 0 bridgehead atoms. The number of nitrogen functional groups attached to an aromatic ring is 5. The normalized spacial score (nSPS) is 15.3. The lowest BCUT2D eigenvalue weighted by molar-refractivity contribution is 0.301. The van der Waals surface area contributed by atoms with Crippen LogP contribution in [-0.4, -0.2) is 204 Å². The van der Waals surface area contributed by atoms with E-state index in [1.54, 1.807) is 31.0 Å². The minimum Gasteiger partial charge on any atom is -0.397 e. The largest absolute Gasteiger partial charge is 0.397 e. The quantitative estimate of drug-likeness (QED) is 0.0902. The molecule has 0 aromatic carbocycles. The Hall–Kier alpha value is -7.41. The van der Waals surface area contributed by atoms with Crippen molar-refractivity contribution >= 4 is 86.0 Å². The van der Waals surface area contributed by atoms with E-state index in [2.05, 4.69) is 102 Å². The molecule has 0 atom stereocenters. The number of anilines is 15. The summed E-state index contributed by atoms with van der Waals surface area (Å²) < 4.78 is 0. The topological polar surface area (TPSA) is 308 Å². The summed E-state index contributed by atoms with van der Waals surface area (Å²) in [6.45, 7) is 21.8. The number of likely N-dealkylation sites (N-methyl/N-ethyl adjacent to an activating group) is 6. The van der Waals surface area contributed by atoms with Crippen molar-refractivity contribution < 1.29 is 20.4 Å². The van der Waals surface area contributed by atoms with E-state index < -0.39 is 0 Å². The molecule has 416 valence electrons. The number of β-amino-alcohol motifs (C(OH)–C–C–N with tert-alkyl or cyclic N) is 4. The molecule has 10 heterocycles. The second-order valence-corrected chi connectivity index (χ2v) is 18.9. The average molecular weight is 1050 g/mol. The standard InChI is InChI=1S/2C11H18N4O.2C10H16N4O.C10H16N4/c1-2-14-3-4-15(5-6-16)10-7-9(12)8-13-11(10)14;1-2-14-3-4-15(5-6-16)11-10(14)7-9(12)8-13-11;1-13-2-3-14(4-5-15)9-6-8(11)7-12-10(9)13;1-13-2-3-14(4-5-15)10-9(13)6-8(11)7-12-10;1-3-14-5-4-13(2)9-6-8(11)7-12-10(9)14/h2*7-8,16H,2-6,12H2,1H3;2*6-7,15H,2-5,11H2,1H3;6-7H,3-5,11H2,1-2H3. The number of fused-ring (bicyclic) bond motifs is 5. The molecule has 5 aromatic heterocycles. The van der Waals surface area contributed by atoms with Crippen LogP contribution in [0.1, 0.15) is 20.8 Å². The van der Waals surface area contributed by atoms with Crippen LogP contribution >= 0.6 is 0 Å². The van der Waals surface area contributed by atoms with Gasteiger partial charge in [0.25, 0.3) is 0 Å². The lowest BCUT2D eigenvalue weighted by Gasteiger charge is -2.37. The van der Waals surface area contributed by atoms with Crippen LogP contribution in [0.25, 0.3) is 0 Å². The first-order valence-electron chi connectivity index (χ1n) is 26.3. The number of aliphatic hydroxyl groups excluding tert-OH is 4. The number of nitrogens with zero attached hydrogens (tertiary/aromatic N) is 15. The molecule has 5 aliphatic rings. The summed E-state index contributed by atoms with van der Waals surface area (Å²) in [7, 11) is 6.11. The number of pyridine rings is 5. The Labute approximate surface area is 448 Å². The molecule has 0 aliphatic carbocycles. The van der Waals surface area contributed by atoms with E-state index in [1.807, 2.05) is 44.4 Å². The molecule has 0 radical (unpaired) electrons.